The Morgan fingerprint density at radius 1 is 1.47 bits per heavy atom. The number of hydrogen-bond acceptors (Lipinski definition) is 2. The average molecular weight is 270 g/mol. The number of anilines is 1. The van der Waals surface area contributed by atoms with Gasteiger partial charge in [-0.3, -0.25) is 0 Å². The zero-order valence-corrected chi connectivity index (χ0v) is 9.41. The van der Waals surface area contributed by atoms with Gasteiger partial charge in [-0.25, -0.2) is 9.37 Å². The second-order valence-electron chi connectivity index (χ2n) is 3.21. The monoisotopic (exact) mass is 269 g/mol. The molecule has 2 rings (SSSR count). The third-order valence-corrected chi connectivity index (χ3v) is 2.51. The van der Waals surface area contributed by atoms with Crippen LogP contribution in [0.3, 0.4) is 0 Å². The topological polar surface area (TPSA) is 43.8 Å². The number of aromatic nitrogens is 2. The Labute approximate surface area is 94.9 Å². The van der Waals surface area contributed by atoms with Crippen LogP contribution in [0.4, 0.5) is 10.2 Å². The molecule has 2 N–H and O–H groups in total. The van der Waals surface area contributed by atoms with Crippen molar-refractivity contribution in [3.05, 3.63) is 46.6 Å². The maximum Gasteiger partial charge on any atom is 0.141 e. The second kappa shape index (κ2) is 4.02. The van der Waals surface area contributed by atoms with E-state index in [1.165, 1.54) is 6.07 Å². The number of nitrogens with two attached hydrogens (primary N) is 1. The quantitative estimate of drug-likeness (QED) is 0.910. The van der Waals surface area contributed by atoms with Gasteiger partial charge in [-0.05, 0) is 12.1 Å². The fourth-order valence-corrected chi connectivity index (χ4v) is 1.64. The molecule has 0 saturated carbocycles. The van der Waals surface area contributed by atoms with Crippen molar-refractivity contribution >= 4 is 21.7 Å². The van der Waals surface area contributed by atoms with Gasteiger partial charge in [0.25, 0.3) is 0 Å². The molecule has 0 aliphatic heterocycles. The minimum atomic E-state index is -0.239. The van der Waals surface area contributed by atoms with Gasteiger partial charge >= 0.3 is 0 Å². The highest BCUT2D eigenvalue weighted by atomic mass is 79.9. The van der Waals surface area contributed by atoms with Crippen LogP contribution in [0.25, 0.3) is 0 Å². The zero-order chi connectivity index (χ0) is 10.8. The molecule has 0 aliphatic rings. The number of hydrogen-bond donors (Lipinski definition) is 1. The highest BCUT2D eigenvalue weighted by Gasteiger charge is 2.03. The summed E-state index contributed by atoms with van der Waals surface area (Å²) in [5.74, 6) is 0.198. The SMILES string of the molecule is Nc1cn(Cc2ccc(Br)cc2F)cn1. The molecular formula is C10H9BrFN3. The molecule has 0 aliphatic carbocycles. The maximum atomic E-state index is 13.4. The Bertz CT molecular complexity index is 481. The Morgan fingerprint density at radius 2 is 2.27 bits per heavy atom. The molecule has 1 heterocycles. The van der Waals surface area contributed by atoms with Crippen LogP contribution in [0.15, 0.2) is 35.2 Å². The van der Waals surface area contributed by atoms with Crippen molar-refractivity contribution in [1.82, 2.24) is 9.55 Å². The minimum absolute atomic E-state index is 0.239. The van der Waals surface area contributed by atoms with Crippen molar-refractivity contribution in [2.75, 3.05) is 5.73 Å². The highest BCUT2D eigenvalue weighted by Crippen LogP contribution is 2.16. The van der Waals surface area contributed by atoms with Crippen LogP contribution in [-0.2, 0) is 6.54 Å². The summed E-state index contributed by atoms with van der Waals surface area (Å²) in [6.45, 7) is 0.434. The number of imidazole rings is 1. The summed E-state index contributed by atoms with van der Waals surface area (Å²) >= 11 is 3.21. The van der Waals surface area contributed by atoms with Gasteiger partial charge in [0.15, 0.2) is 0 Å². The lowest BCUT2D eigenvalue weighted by Gasteiger charge is -2.04. The van der Waals surface area contributed by atoms with E-state index in [1.807, 2.05) is 0 Å². The first-order valence-corrected chi connectivity index (χ1v) is 5.15. The fraction of sp³-hybridized carbons (Fsp3) is 0.100. The average Bonchev–Trinajstić information content (AvgIpc) is 2.56. The lowest BCUT2D eigenvalue weighted by Crippen LogP contribution is -1.99. The van der Waals surface area contributed by atoms with Crippen LogP contribution >= 0.6 is 15.9 Å². The van der Waals surface area contributed by atoms with E-state index in [-0.39, 0.29) is 5.82 Å². The lowest BCUT2D eigenvalue weighted by atomic mass is 10.2. The Morgan fingerprint density at radius 3 is 2.87 bits per heavy atom. The molecule has 15 heavy (non-hydrogen) atoms. The Balaban J connectivity index is 2.24. The van der Waals surface area contributed by atoms with E-state index in [2.05, 4.69) is 20.9 Å². The minimum Gasteiger partial charge on any atom is -0.382 e. The van der Waals surface area contributed by atoms with E-state index >= 15 is 0 Å². The standard InChI is InChI=1S/C10H9BrFN3/c11-8-2-1-7(9(12)3-8)4-15-5-10(13)14-6-15/h1-3,5-6H,4,13H2. The molecule has 0 saturated heterocycles. The molecule has 0 spiro atoms. The molecule has 0 radical (unpaired) electrons. The van der Waals surface area contributed by atoms with E-state index in [1.54, 1.807) is 29.2 Å². The highest BCUT2D eigenvalue weighted by molar-refractivity contribution is 9.10. The van der Waals surface area contributed by atoms with E-state index in [0.717, 1.165) is 4.47 Å². The van der Waals surface area contributed by atoms with Gasteiger partial charge in [-0.15, -0.1) is 0 Å². The van der Waals surface area contributed by atoms with E-state index < -0.39 is 0 Å². The summed E-state index contributed by atoms with van der Waals surface area (Å²) in [6.07, 6.45) is 3.25. The molecule has 2 aromatic rings. The normalized spacial score (nSPS) is 10.5. The predicted molar refractivity (Wildman–Crippen MR) is 59.8 cm³/mol. The second-order valence-corrected chi connectivity index (χ2v) is 4.12. The summed E-state index contributed by atoms with van der Waals surface area (Å²) in [5.41, 5.74) is 6.07. The summed E-state index contributed by atoms with van der Waals surface area (Å²) in [6, 6.07) is 4.98. The van der Waals surface area contributed by atoms with Gasteiger partial charge in [0, 0.05) is 16.2 Å². The van der Waals surface area contributed by atoms with Gasteiger partial charge < -0.3 is 10.3 Å². The number of halogens is 2. The van der Waals surface area contributed by atoms with Crippen LogP contribution in [-0.4, -0.2) is 9.55 Å². The third-order valence-electron chi connectivity index (χ3n) is 2.02. The number of nitrogens with zero attached hydrogens (tertiary/aromatic N) is 2. The van der Waals surface area contributed by atoms with Crippen molar-refractivity contribution in [2.24, 2.45) is 0 Å². The maximum absolute atomic E-state index is 13.4. The van der Waals surface area contributed by atoms with E-state index in [9.17, 15) is 4.39 Å². The molecular weight excluding hydrogens is 261 g/mol. The Hall–Kier alpha value is -1.36. The molecule has 1 aromatic heterocycles. The van der Waals surface area contributed by atoms with Gasteiger partial charge in [-0.2, -0.15) is 0 Å². The number of nitrogen functional groups attached to an aromatic ring is 1. The summed E-state index contributed by atoms with van der Waals surface area (Å²) in [4.78, 5) is 3.87. The first-order valence-electron chi connectivity index (χ1n) is 4.36. The number of rotatable bonds is 2. The molecule has 78 valence electrons. The van der Waals surface area contributed by atoms with E-state index in [4.69, 9.17) is 5.73 Å². The van der Waals surface area contributed by atoms with Gasteiger partial charge in [0.05, 0.1) is 12.9 Å². The van der Waals surface area contributed by atoms with Gasteiger partial charge in [-0.1, -0.05) is 22.0 Å². The van der Waals surface area contributed by atoms with Crippen LogP contribution in [0.5, 0.6) is 0 Å². The first kappa shape index (κ1) is 10.2. The third kappa shape index (κ3) is 2.36. The van der Waals surface area contributed by atoms with Crippen molar-refractivity contribution in [3.8, 4) is 0 Å². The summed E-state index contributed by atoms with van der Waals surface area (Å²) < 4.78 is 15.9. The number of benzene rings is 1. The molecule has 0 fully saturated rings. The van der Waals surface area contributed by atoms with Gasteiger partial charge in [0.2, 0.25) is 0 Å². The largest absolute Gasteiger partial charge is 0.382 e. The molecule has 5 heteroatoms. The van der Waals surface area contributed by atoms with Gasteiger partial charge in [0.1, 0.15) is 11.6 Å². The molecule has 1 aromatic carbocycles. The first-order chi connectivity index (χ1) is 7.15. The lowest BCUT2D eigenvalue weighted by molar-refractivity contribution is 0.598. The predicted octanol–water partition coefficient (Wildman–Crippen LogP) is 2.42. The fourth-order valence-electron chi connectivity index (χ4n) is 1.31. The smallest absolute Gasteiger partial charge is 0.141 e. The van der Waals surface area contributed by atoms with Crippen molar-refractivity contribution in [3.63, 3.8) is 0 Å². The van der Waals surface area contributed by atoms with Crippen molar-refractivity contribution in [1.29, 1.82) is 0 Å². The van der Waals surface area contributed by atoms with Crippen LogP contribution < -0.4 is 5.73 Å². The molecule has 0 bridgehead atoms. The van der Waals surface area contributed by atoms with Crippen molar-refractivity contribution in [2.45, 2.75) is 6.54 Å². The zero-order valence-electron chi connectivity index (χ0n) is 7.82. The molecule has 0 amide bonds. The van der Waals surface area contributed by atoms with Crippen LogP contribution in [0.2, 0.25) is 0 Å². The summed E-state index contributed by atoms with van der Waals surface area (Å²) in [7, 11) is 0. The Kier molecular flexibility index (Phi) is 2.73. The van der Waals surface area contributed by atoms with Crippen molar-refractivity contribution < 1.29 is 4.39 Å². The van der Waals surface area contributed by atoms with Crippen LogP contribution in [0, 0.1) is 5.82 Å². The molecule has 0 unspecified atom stereocenters. The molecule has 0 atom stereocenters. The van der Waals surface area contributed by atoms with E-state index in [0.29, 0.717) is 17.9 Å². The summed E-state index contributed by atoms with van der Waals surface area (Å²) in [5, 5.41) is 0. The van der Waals surface area contributed by atoms with Crippen LogP contribution in [0.1, 0.15) is 5.56 Å². The molecule has 3 nitrogen and oxygen atoms in total.